The molecule has 0 aliphatic rings. The highest BCUT2D eigenvalue weighted by Crippen LogP contribution is 2.20. The van der Waals surface area contributed by atoms with Gasteiger partial charge >= 0.3 is 5.97 Å². The fourth-order valence-electron chi connectivity index (χ4n) is 1.82. The van der Waals surface area contributed by atoms with E-state index >= 15 is 0 Å². The molecule has 0 bridgehead atoms. The molecular formula is C14H22ClN3O2. The molecule has 1 rings (SSSR count). The maximum Gasteiger partial charge on any atom is 0.356 e. The Balaban J connectivity index is 3.00. The van der Waals surface area contributed by atoms with E-state index in [0.717, 1.165) is 19.6 Å². The number of aromatic nitrogens is 1. The Hall–Kier alpha value is -1.33. The van der Waals surface area contributed by atoms with Gasteiger partial charge in [-0.05, 0) is 32.1 Å². The lowest BCUT2D eigenvalue weighted by Crippen LogP contribution is -2.35. The Morgan fingerprint density at radius 2 is 2.00 bits per heavy atom. The number of carbonyl (C=O) groups is 1. The van der Waals surface area contributed by atoms with Crippen LogP contribution in [0, 0.1) is 5.92 Å². The van der Waals surface area contributed by atoms with Gasteiger partial charge in [-0.15, -0.1) is 0 Å². The van der Waals surface area contributed by atoms with E-state index in [0.29, 0.717) is 11.7 Å². The fourth-order valence-corrected chi connectivity index (χ4v) is 2.00. The molecule has 0 atom stereocenters. The van der Waals surface area contributed by atoms with Gasteiger partial charge in [0.15, 0.2) is 5.69 Å². The third-order valence-electron chi connectivity index (χ3n) is 2.76. The summed E-state index contributed by atoms with van der Waals surface area (Å²) in [5.41, 5.74) is -0.0947. The van der Waals surface area contributed by atoms with Crippen LogP contribution in [0.4, 0.5) is 5.82 Å². The average molecular weight is 300 g/mol. The van der Waals surface area contributed by atoms with Crippen LogP contribution in [0.3, 0.4) is 0 Å². The molecule has 0 spiro atoms. The number of halogens is 1. The average Bonchev–Trinajstić information content (AvgIpc) is 2.34. The summed E-state index contributed by atoms with van der Waals surface area (Å²) >= 11 is 5.86. The molecule has 0 aromatic carbocycles. The number of hydrogen-bond donors (Lipinski definition) is 1. The second-order valence-electron chi connectivity index (χ2n) is 5.45. The minimum atomic E-state index is -1.10. The van der Waals surface area contributed by atoms with Gasteiger partial charge in [0.05, 0.1) is 5.02 Å². The summed E-state index contributed by atoms with van der Waals surface area (Å²) in [5, 5.41) is 9.26. The molecular weight excluding hydrogens is 278 g/mol. The Morgan fingerprint density at radius 3 is 2.50 bits per heavy atom. The molecule has 0 unspecified atom stereocenters. The van der Waals surface area contributed by atoms with Crippen LogP contribution < -0.4 is 4.90 Å². The van der Waals surface area contributed by atoms with E-state index in [-0.39, 0.29) is 10.7 Å². The first-order valence-corrected chi connectivity index (χ1v) is 6.98. The maximum atomic E-state index is 11.1. The molecule has 0 aliphatic heterocycles. The fraction of sp³-hybridized carbons (Fsp3) is 0.571. The van der Waals surface area contributed by atoms with Gasteiger partial charge < -0.3 is 14.9 Å². The number of rotatable bonds is 7. The summed E-state index contributed by atoms with van der Waals surface area (Å²) in [5.74, 6) is 0.0132. The van der Waals surface area contributed by atoms with Crippen molar-refractivity contribution in [2.24, 2.45) is 5.92 Å². The van der Waals surface area contributed by atoms with Crippen molar-refractivity contribution in [2.45, 2.75) is 13.8 Å². The number of pyridine rings is 1. The highest BCUT2D eigenvalue weighted by atomic mass is 35.5. The van der Waals surface area contributed by atoms with E-state index in [1.807, 2.05) is 14.1 Å². The van der Waals surface area contributed by atoms with Crippen LogP contribution in [-0.4, -0.2) is 54.7 Å². The van der Waals surface area contributed by atoms with Crippen molar-refractivity contribution in [3.05, 3.63) is 22.8 Å². The molecule has 0 saturated heterocycles. The molecule has 0 fully saturated rings. The molecule has 0 saturated carbocycles. The third-order valence-corrected chi connectivity index (χ3v) is 3.07. The largest absolute Gasteiger partial charge is 0.476 e. The number of likely N-dealkylation sites (N-methyl/N-ethyl adjacent to an activating group) is 1. The highest BCUT2D eigenvalue weighted by molar-refractivity contribution is 6.33. The van der Waals surface area contributed by atoms with Gasteiger partial charge in [0.1, 0.15) is 5.82 Å². The van der Waals surface area contributed by atoms with Crippen molar-refractivity contribution in [1.82, 2.24) is 9.88 Å². The minimum Gasteiger partial charge on any atom is -0.476 e. The molecule has 0 aliphatic carbocycles. The smallest absolute Gasteiger partial charge is 0.356 e. The van der Waals surface area contributed by atoms with Gasteiger partial charge in [0, 0.05) is 19.6 Å². The number of carboxylic acid groups (broad SMARTS) is 1. The number of hydrogen-bond acceptors (Lipinski definition) is 4. The first-order valence-electron chi connectivity index (χ1n) is 6.60. The molecule has 0 amide bonds. The van der Waals surface area contributed by atoms with E-state index < -0.39 is 5.97 Å². The van der Waals surface area contributed by atoms with Gasteiger partial charge in [-0.1, -0.05) is 25.4 Å². The Morgan fingerprint density at radius 1 is 1.35 bits per heavy atom. The van der Waals surface area contributed by atoms with Crippen LogP contribution >= 0.6 is 11.6 Å². The SMILES string of the molecule is CC(C)CN(CCN(C)C)c1ccc(Cl)c(C(=O)O)n1. The number of carboxylic acids is 1. The highest BCUT2D eigenvalue weighted by Gasteiger charge is 2.16. The topological polar surface area (TPSA) is 56.7 Å². The lowest BCUT2D eigenvalue weighted by Gasteiger charge is -2.27. The number of aromatic carboxylic acids is 1. The summed E-state index contributed by atoms with van der Waals surface area (Å²) in [4.78, 5) is 19.5. The molecule has 1 heterocycles. The number of nitrogens with zero attached hydrogens (tertiary/aromatic N) is 3. The first-order chi connectivity index (χ1) is 9.31. The van der Waals surface area contributed by atoms with Crippen molar-refractivity contribution >= 4 is 23.4 Å². The predicted octanol–water partition coefficient (Wildman–Crippen LogP) is 2.46. The van der Waals surface area contributed by atoms with Crippen molar-refractivity contribution in [1.29, 1.82) is 0 Å². The van der Waals surface area contributed by atoms with Crippen LogP contribution in [0.25, 0.3) is 0 Å². The van der Waals surface area contributed by atoms with Crippen LogP contribution in [0.5, 0.6) is 0 Å². The third kappa shape index (κ3) is 4.98. The van der Waals surface area contributed by atoms with Crippen LogP contribution in [0.1, 0.15) is 24.3 Å². The second kappa shape index (κ2) is 7.45. The summed E-state index contributed by atoms with van der Waals surface area (Å²) in [6, 6.07) is 3.36. The summed E-state index contributed by atoms with van der Waals surface area (Å²) in [6.07, 6.45) is 0. The van der Waals surface area contributed by atoms with Gasteiger partial charge in [-0.25, -0.2) is 9.78 Å². The summed E-state index contributed by atoms with van der Waals surface area (Å²) < 4.78 is 0. The standard InChI is InChI=1S/C14H22ClN3O2/c1-10(2)9-18(8-7-17(3)4)12-6-5-11(15)13(16-12)14(19)20/h5-6,10H,7-9H2,1-4H3,(H,19,20). The predicted molar refractivity (Wildman–Crippen MR) is 81.8 cm³/mol. The van der Waals surface area contributed by atoms with Gasteiger partial charge in [-0.2, -0.15) is 0 Å². The Labute approximate surface area is 125 Å². The quantitative estimate of drug-likeness (QED) is 0.838. The zero-order chi connectivity index (χ0) is 15.3. The zero-order valence-corrected chi connectivity index (χ0v) is 13.2. The van der Waals surface area contributed by atoms with E-state index in [9.17, 15) is 4.79 Å². The molecule has 0 radical (unpaired) electrons. The van der Waals surface area contributed by atoms with Crippen LogP contribution in [-0.2, 0) is 0 Å². The second-order valence-corrected chi connectivity index (χ2v) is 5.86. The lowest BCUT2D eigenvalue weighted by molar-refractivity contribution is 0.0691. The molecule has 1 aromatic heterocycles. The van der Waals surface area contributed by atoms with Crippen molar-refractivity contribution in [2.75, 3.05) is 38.6 Å². The van der Waals surface area contributed by atoms with E-state index in [2.05, 4.69) is 28.6 Å². The molecule has 112 valence electrons. The molecule has 20 heavy (non-hydrogen) atoms. The minimum absolute atomic E-state index is 0.0947. The van der Waals surface area contributed by atoms with Crippen LogP contribution in [0.15, 0.2) is 12.1 Å². The molecule has 1 N–H and O–H groups in total. The maximum absolute atomic E-state index is 11.1. The Kier molecular flexibility index (Phi) is 6.23. The van der Waals surface area contributed by atoms with Crippen molar-refractivity contribution < 1.29 is 9.90 Å². The Bertz CT molecular complexity index is 464. The normalized spacial score (nSPS) is 11.2. The van der Waals surface area contributed by atoms with Crippen molar-refractivity contribution in [3.8, 4) is 0 Å². The molecule has 5 nitrogen and oxygen atoms in total. The zero-order valence-electron chi connectivity index (χ0n) is 12.4. The van der Waals surface area contributed by atoms with Gasteiger partial charge in [0.25, 0.3) is 0 Å². The van der Waals surface area contributed by atoms with Crippen molar-refractivity contribution in [3.63, 3.8) is 0 Å². The van der Waals surface area contributed by atoms with E-state index in [1.54, 1.807) is 12.1 Å². The number of anilines is 1. The van der Waals surface area contributed by atoms with E-state index in [1.165, 1.54) is 0 Å². The summed E-state index contributed by atoms with van der Waals surface area (Å²) in [7, 11) is 4.01. The monoisotopic (exact) mass is 299 g/mol. The van der Waals surface area contributed by atoms with Gasteiger partial charge in [0.2, 0.25) is 0 Å². The lowest BCUT2D eigenvalue weighted by atomic mass is 10.2. The van der Waals surface area contributed by atoms with Gasteiger partial charge in [-0.3, -0.25) is 0 Å². The van der Waals surface area contributed by atoms with Crippen LogP contribution in [0.2, 0.25) is 5.02 Å². The first kappa shape index (κ1) is 16.7. The molecule has 6 heteroatoms. The molecule has 1 aromatic rings. The summed E-state index contributed by atoms with van der Waals surface area (Å²) in [6.45, 7) is 6.73. The van der Waals surface area contributed by atoms with E-state index in [4.69, 9.17) is 16.7 Å².